The average molecular weight is 543 g/mol. The minimum Gasteiger partial charge on any atom is -0.340 e. The highest BCUT2D eigenvalue weighted by molar-refractivity contribution is 6.28. The van der Waals surface area contributed by atoms with Crippen molar-refractivity contribution in [3.63, 3.8) is 0 Å². The quantitative estimate of drug-likeness (QED) is 0.204. The van der Waals surface area contributed by atoms with Gasteiger partial charge in [-0.1, -0.05) is 106 Å². The number of fused-ring (bicyclic) bond motifs is 1. The van der Waals surface area contributed by atoms with E-state index in [4.69, 9.17) is 0 Å². The van der Waals surface area contributed by atoms with Crippen molar-refractivity contribution in [2.45, 2.75) is 32.6 Å². The smallest absolute Gasteiger partial charge is 0.0540 e. The third-order valence-corrected chi connectivity index (χ3v) is 9.04. The van der Waals surface area contributed by atoms with Crippen molar-refractivity contribution in [2.24, 2.45) is 0 Å². The van der Waals surface area contributed by atoms with Gasteiger partial charge in [-0.25, -0.2) is 0 Å². The van der Waals surface area contributed by atoms with E-state index in [1.807, 2.05) is 0 Å². The Balaban J connectivity index is 1.36. The largest absolute Gasteiger partial charge is 0.340 e. The van der Waals surface area contributed by atoms with E-state index in [0.29, 0.717) is 0 Å². The molecule has 0 aromatic heterocycles. The van der Waals surface area contributed by atoms with Crippen molar-refractivity contribution < 1.29 is 0 Å². The fraction of sp³-hybridized carbons (Fsp3) is 0.150. The van der Waals surface area contributed by atoms with Gasteiger partial charge >= 0.3 is 0 Å². The van der Waals surface area contributed by atoms with Crippen LogP contribution in [0.25, 0.3) is 32.3 Å². The maximum absolute atomic E-state index is 2.51. The Labute approximate surface area is 247 Å². The van der Waals surface area contributed by atoms with E-state index < -0.39 is 0 Å². The maximum atomic E-state index is 2.51. The van der Waals surface area contributed by atoms with Gasteiger partial charge in [-0.05, 0) is 87.0 Å². The number of benzene rings is 7. The van der Waals surface area contributed by atoms with E-state index in [2.05, 4.69) is 158 Å². The lowest BCUT2D eigenvalue weighted by Gasteiger charge is -2.29. The van der Waals surface area contributed by atoms with Crippen LogP contribution in [-0.2, 0) is 11.8 Å². The van der Waals surface area contributed by atoms with Crippen molar-refractivity contribution in [2.75, 3.05) is 16.3 Å². The molecule has 0 N–H and O–H groups in total. The van der Waals surface area contributed by atoms with Crippen molar-refractivity contribution in [3.05, 3.63) is 139 Å². The zero-order valence-corrected chi connectivity index (χ0v) is 24.4. The molecular weight excluding hydrogens is 508 g/mol. The van der Waals surface area contributed by atoms with Crippen molar-refractivity contribution >= 4 is 60.8 Å². The molecule has 0 bridgehead atoms. The van der Waals surface area contributed by atoms with Gasteiger partial charge in [0.25, 0.3) is 0 Å². The summed E-state index contributed by atoms with van der Waals surface area (Å²) in [4.78, 5) is 4.92. The van der Waals surface area contributed by atoms with E-state index >= 15 is 0 Å². The van der Waals surface area contributed by atoms with Crippen molar-refractivity contribution in [3.8, 4) is 0 Å². The van der Waals surface area contributed by atoms with Gasteiger partial charge in [-0.15, -0.1) is 0 Å². The summed E-state index contributed by atoms with van der Waals surface area (Å²) < 4.78 is 0. The van der Waals surface area contributed by atoms with Gasteiger partial charge in [0, 0.05) is 40.1 Å². The van der Waals surface area contributed by atoms with Crippen LogP contribution in [0.4, 0.5) is 28.4 Å². The zero-order chi connectivity index (χ0) is 28.4. The molecule has 7 aromatic rings. The summed E-state index contributed by atoms with van der Waals surface area (Å²) in [5, 5.41) is 7.85. The van der Waals surface area contributed by atoms with Crippen LogP contribution in [-0.4, -0.2) is 6.54 Å². The van der Waals surface area contributed by atoms with Crippen LogP contribution in [0.1, 0.15) is 31.9 Å². The molecule has 0 spiro atoms. The first-order valence-corrected chi connectivity index (χ1v) is 15.0. The number of hydrogen-bond acceptors (Lipinski definition) is 2. The Kier molecular flexibility index (Phi) is 5.55. The standard InChI is InChI=1S/C40H34N2/c1-40(2,3)30-17-19-32(20-18-30)42(31-10-5-4-6-11-31)37-24-16-29-13-21-33-36(41-26-25-27-9-7-8-12-35(27)41)23-15-28-14-22-34(37)39(29)38(28)33/h4-24H,25-26H2,1-3H3. The lowest BCUT2D eigenvalue weighted by Crippen LogP contribution is -2.14. The van der Waals surface area contributed by atoms with Crippen LogP contribution in [0.5, 0.6) is 0 Å². The number of para-hydroxylation sites is 2. The van der Waals surface area contributed by atoms with Gasteiger partial charge in [0.15, 0.2) is 0 Å². The SMILES string of the molecule is CC(C)(C)c1ccc(N(c2ccccc2)c2ccc3ccc4c(N5CCc6ccccc65)ccc5ccc2c3c54)cc1. The molecule has 0 saturated carbocycles. The van der Waals surface area contributed by atoms with Crippen LogP contribution in [0, 0.1) is 0 Å². The molecule has 0 fully saturated rings. The van der Waals surface area contributed by atoms with E-state index in [-0.39, 0.29) is 5.41 Å². The molecule has 204 valence electrons. The number of nitrogens with zero attached hydrogens (tertiary/aromatic N) is 2. The highest BCUT2D eigenvalue weighted by Crippen LogP contribution is 2.47. The maximum Gasteiger partial charge on any atom is 0.0540 e. The van der Waals surface area contributed by atoms with Crippen molar-refractivity contribution in [1.29, 1.82) is 0 Å². The van der Waals surface area contributed by atoms with Crippen molar-refractivity contribution in [1.82, 2.24) is 0 Å². The summed E-state index contributed by atoms with van der Waals surface area (Å²) in [6.07, 6.45) is 1.09. The van der Waals surface area contributed by atoms with Gasteiger partial charge in [0.2, 0.25) is 0 Å². The molecule has 0 saturated heterocycles. The number of hydrogen-bond donors (Lipinski definition) is 0. The first kappa shape index (κ1) is 24.9. The third kappa shape index (κ3) is 3.86. The lowest BCUT2D eigenvalue weighted by molar-refractivity contribution is 0.590. The van der Waals surface area contributed by atoms with Gasteiger partial charge in [-0.3, -0.25) is 0 Å². The molecular formula is C40H34N2. The van der Waals surface area contributed by atoms with Gasteiger partial charge < -0.3 is 9.80 Å². The fourth-order valence-corrected chi connectivity index (χ4v) is 6.90. The average Bonchev–Trinajstić information content (AvgIpc) is 3.45. The van der Waals surface area contributed by atoms with Crippen LogP contribution < -0.4 is 9.80 Å². The Morgan fingerprint density at radius 3 is 1.93 bits per heavy atom. The molecule has 0 aliphatic carbocycles. The topological polar surface area (TPSA) is 6.48 Å². The summed E-state index contributed by atoms with van der Waals surface area (Å²) in [6, 6.07) is 47.2. The first-order valence-electron chi connectivity index (χ1n) is 15.0. The van der Waals surface area contributed by atoms with Gasteiger partial charge in [0.1, 0.15) is 0 Å². The Morgan fingerprint density at radius 2 is 1.17 bits per heavy atom. The lowest BCUT2D eigenvalue weighted by atomic mass is 9.87. The zero-order valence-electron chi connectivity index (χ0n) is 24.4. The van der Waals surface area contributed by atoms with E-state index in [9.17, 15) is 0 Å². The van der Waals surface area contributed by atoms with Crippen LogP contribution in [0.15, 0.2) is 127 Å². The number of rotatable bonds is 4. The summed E-state index contributed by atoms with van der Waals surface area (Å²) in [5.74, 6) is 0. The fourth-order valence-electron chi connectivity index (χ4n) is 6.90. The molecule has 1 heterocycles. The van der Waals surface area contributed by atoms with Crippen LogP contribution >= 0.6 is 0 Å². The van der Waals surface area contributed by atoms with Gasteiger partial charge in [-0.2, -0.15) is 0 Å². The number of anilines is 5. The minimum atomic E-state index is 0.108. The Bertz CT molecular complexity index is 2070. The summed E-state index contributed by atoms with van der Waals surface area (Å²) in [6.45, 7) is 7.83. The summed E-state index contributed by atoms with van der Waals surface area (Å²) in [7, 11) is 0. The monoisotopic (exact) mass is 542 g/mol. The highest BCUT2D eigenvalue weighted by Gasteiger charge is 2.24. The summed E-state index contributed by atoms with van der Waals surface area (Å²) in [5.41, 5.74) is 9.03. The molecule has 2 heteroatoms. The summed E-state index contributed by atoms with van der Waals surface area (Å²) >= 11 is 0. The van der Waals surface area contributed by atoms with E-state index in [1.54, 1.807) is 0 Å². The van der Waals surface area contributed by atoms with Gasteiger partial charge in [0.05, 0.1) is 5.69 Å². The molecule has 2 nitrogen and oxygen atoms in total. The minimum absolute atomic E-state index is 0.108. The second kappa shape index (κ2) is 9.36. The second-order valence-electron chi connectivity index (χ2n) is 12.6. The molecule has 1 aliphatic rings. The third-order valence-electron chi connectivity index (χ3n) is 9.04. The molecule has 42 heavy (non-hydrogen) atoms. The van der Waals surface area contributed by atoms with E-state index in [1.165, 1.54) is 66.2 Å². The predicted molar refractivity (Wildman–Crippen MR) is 181 cm³/mol. The Hall–Kier alpha value is -4.82. The normalized spacial score (nSPS) is 13.4. The molecule has 0 unspecified atom stereocenters. The highest BCUT2D eigenvalue weighted by atomic mass is 15.2. The molecule has 7 aromatic carbocycles. The van der Waals surface area contributed by atoms with E-state index in [0.717, 1.165) is 18.7 Å². The molecule has 1 aliphatic heterocycles. The van der Waals surface area contributed by atoms with Crippen LogP contribution in [0.2, 0.25) is 0 Å². The van der Waals surface area contributed by atoms with Crippen LogP contribution in [0.3, 0.4) is 0 Å². The predicted octanol–water partition coefficient (Wildman–Crippen LogP) is 11.0. The molecule has 0 atom stereocenters. The molecule has 8 rings (SSSR count). The molecule has 0 radical (unpaired) electrons. The first-order chi connectivity index (χ1) is 20.5. The Morgan fingerprint density at radius 1 is 0.548 bits per heavy atom. The molecule has 0 amide bonds. The second-order valence-corrected chi connectivity index (χ2v) is 12.6.